The molecule has 0 saturated heterocycles. The van der Waals surface area contributed by atoms with Crippen LogP contribution in [0.15, 0.2) is 47.5 Å². The van der Waals surface area contributed by atoms with Crippen molar-refractivity contribution in [3.63, 3.8) is 0 Å². The smallest absolute Gasteiger partial charge is 0.252 e. The van der Waals surface area contributed by atoms with Crippen LogP contribution in [-0.4, -0.2) is 47.5 Å². The van der Waals surface area contributed by atoms with Crippen molar-refractivity contribution in [1.29, 1.82) is 0 Å². The van der Waals surface area contributed by atoms with Gasteiger partial charge in [0.2, 0.25) is 10.0 Å². The number of carbonyl (C=O) groups excluding carboxylic acids is 1. The highest BCUT2D eigenvalue weighted by molar-refractivity contribution is 7.89. The van der Waals surface area contributed by atoms with Crippen LogP contribution >= 0.6 is 0 Å². The van der Waals surface area contributed by atoms with Crippen LogP contribution in [0, 0.1) is 6.92 Å². The number of aromatic nitrogens is 4. The van der Waals surface area contributed by atoms with Gasteiger partial charge in [0, 0.05) is 19.3 Å². The molecule has 0 unspecified atom stereocenters. The van der Waals surface area contributed by atoms with Gasteiger partial charge in [-0.1, -0.05) is 17.7 Å². The third-order valence-corrected chi connectivity index (χ3v) is 5.19. The lowest BCUT2D eigenvalue weighted by Gasteiger charge is -2.08. The predicted molar refractivity (Wildman–Crippen MR) is 94.1 cm³/mol. The monoisotopic (exact) mass is 374 g/mol. The molecule has 10 heteroatoms. The average Bonchev–Trinajstić information content (AvgIpc) is 3.09. The van der Waals surface area contributed by atoms with Gasteiger partial charge in [-0.2, -0.15) is 4.52 Å². The van der Waals surface area contributed by atoms with Gasteiger partial charge in [-0.05, 0) is 48.0 Å². The first kappa shape index (κ1) is 18.0. The number of hydrogen-bond donors (Lipinski definition) is 2. The fourth-order valence-corrected chi connectivity index (χ4v) is 3.35. The molecule has 2 aromatic heterocycles. The average molecular weight is 374 g/mol. The normalized spacial score (nSPS) is 11.6. The Morgan fingerprint density at radius 1 is 1.12 bits per heavy atom. The van der Waals surface area contributed by atoms with Crippen molar-refractivity contribution in [3.05, 3.63) is 53.7 Å². The van der Waals surface area contributed by atoms with Crippen LogP contribution in [0.25, 0.3) is 5.65 Å². The standard InChI is InChI=1S/C16H18N6O3S/c1-12-3-6-14(7-4-12)26(24,25)18-10-2-9-17-16(23)13-5-8-15-19-20-21-22(15)11-13/h3-8,11,18H,2,9-10H2,1H3,(H,17,23). The predicted octanol–water partition coefficient (Wildman–Crippen LogP) is 0.531. The molecule has 2 N–H and O–H groups in total. The number of aryl methyl sites for hydroxylation is 1. The molecular formula is C16H18N6O3S. The zero-order chi connectivity index (χ0) is 18.6. The molecule has 0 radical (unpaired) electrons. The van der Waals surface area contributed by atoms with Crippen molar-refractivity contribution in [2.24, 2.45) is 0 Å². The highest BCUT2D eigenvalue weighted by Crippen LogP contribution is 2.09. The Morgan fingerprint density at radius 3 is 2.65 bits per heavy atom. The number of fused-ring (bicyclic) bond motifs is 1. The van der Waals surface area contributed by atoms with Crippen LogP contribution in [0.1, 0.15) is 22.3 Å². The summed E-state index contributed by atoms with van der Waals surface area (Å²) in [7, 11) is -3.54. The van der Waals surface area contributed by atoms with E-state index in [0.29, 0.717) is 24.2 Å². The van der Waals surface area contributed by atoms with E-state index in [1.165, 1.54) is 10.7 Å². The molecule has 0 fully saturated rings. The Balaban J connectivity index is 1.46. The Hall–Kier alpha value is -2.85. The van der Waals surface area contributed by atoms with Crippen molar-refractivity contribution >= 4 is 21.6 Å². The van der Waals surface area contributed by atoms with Crippen LogP contribution in [-0.2, 0) is 10.0 Å². The first-order chi connectivity index (χ1) is 12.5. The number of amides is 1. The molecule has 26 heavy (non-hydrogen) atoms. The van der Waals surface area contributed by atoms with Gasteiger partial charge in [-0.25, -0.2) is 13.1 Å². The Bertz CT molecular complexity index is 1010. The van der Waals surface area contributed by atoms with Crippen LogP contribution in [0.3, 0.4) is 0 Å². The number of pyridine rings is 1. The lowest BCUT2D eigenvalue weighted by atomic mass is 10.2. The quantitative estimate of drug-likeness (QED) is 0.583. The van der Waals surface area contributed by atoms with E-state index in [9.17, 15) is 13.2 Å². The summed E-state index contributed by atoms with van der Waals surface area (Å²) in [6.07, 6.45) is 1.99. The molecule has 0 atom stereocenters. The Labute approximate surface area is 150 Å². The van der Waals surface area contributed by atoms with E-state index in [4.69, 9.17) is 0 Å². The van der Waals surface area contributed by atoms with Crippen molar-refractivity contribution in [1.82, 2.24) is 30.1 Å². The van der Waals surface area contributed by atoms with Gasteiger partial charge in [-0.15, -0.1) is 5.10 Å². The fraction of sp³-hybridized carbons (Fsp3) is 0.250. The molecule has 0 saturated carbocycles. The molecule has 9 nitrogen and oxygen atoms in total. The molecule has 136 valence electrons. The van der Waals surface area contributed by atoms with Gasteiger partial charge in [0.15, 0.2) is 5.65 Å². The van der Waals surface area contributed by atoms with E-state index in [-0.39, 0.29) is 17.3 Å². The molecule has 2 heterocycles. The van der Waals surface area contributed by atoms with Gasteiger partial charge in [0.1, 0.15) is 0 Å². The number of tetrazole rings is 1. The summed E-state index contributed by atoms with van der Waals surface area (Å²) < 4.78 is 28.2. The van der Waals surface area contributed by atoms with Crippen molar-refractivity contribution < 1.29 is 13.2 Å². The number of nitrogens with one attached hydrogen (secondary N) is 2. The van der Waals surface area contributed by atoms with E-state index < -0.39 is 10.0 Å². The number of benzene rings is 1. The van der Waals surface area contributed by atoms with Crippen LogP contribution in [0.5, 0.6) is 0 Å². The molecule has 0 aliphatic rings. The van der Waals surface area contributed by atoms with Crippen molar-refractivity contribution in [2.75, 3.05) is 13.1 Å². The van der Waals surface area contributed by atoms with Gasteiger partial charge in [0.05, 0.1) is 10.5 Å². The molecular weight excluding hydrogens is 356 g/mol. The highest BCUT2D eigenvalue weighted by atomic mass is 32.2. The summed E-state index contributed by atoms with van der Waals surface area (Å²) in [4.78, 5) is 12.3. The maximum atomic E-state index is 12.1. The third-order valence-electron chi connectivity index (χ3n) is 3.72. The number of nitrogens with zero attached hydrogens (tertiary/aromatic N) is 4. The second-order valence-corrected chi connectivity index (χ2v) is 7.49. The van der Waals surface area contributed by atoms with Gasteiger partial charge < -0.3 is 5.32 Å². The van der Waals surface area contributed by atoms with Gasteiger partial charge >= 0.3 is 0 Å². The van der Waals surface area contributed by atoms with Gasteiger partial charge in [-0.3, -0.25) is 4.79 Å². The molecule has 0 bridgehead atoms. The SMILES string of the molecule is Cc1ccc(S(=O)(=O)NCCCNC(=O)c2ccc3nnnn3c2)cc1. The van der Waals surface area contributed by atoms with E-state index in [2.05, 4.69) is 25.6 Å². The Morgan fingerprint density at radius 2 is 1.88 bits per heavy atom. The number of hydrogen-bond acceptors (Lipinski definition) is 6. The molecule has 0 aliphatic heterocycles. The number of rotatable bonds is 7. The number of sulfonamides is 1. The topological polar surface area (TPSA) is 118 Å². The molecule has 3 rings (SSSR count). The zero-order valence-electron chi connectivity index (χ0n) is 14.1. The van der Waals surface area contributed by atoms with Crippen LogP contribution in [0.4, 0.5) is 0 Å². The second kappa shape index (κ2) is 7.58. The van der Waals surface area contributed by atoms with Crippen LogP contribution in [0.2, 0.25) is 0 Å². The molecule has 0 spiro atoms. The van der Waals surface area contributed by atoms with E-state index in [0.717, 1.165) is 5.56 Å². The minimum absolute atomic E-state index is 0.224. The second-order valence-electron chi connectivity index (χ2n) is 5.72. The highest BCUT2D eigenvalue weighted by Gasteiger charge is 2.13. The summed E-state index contributed by atoms with van der Waals surface area (Å²) in [5.41, 5.74) is 1.96. The molecule has 0 aliphatic carbocycles. The summed E-state index contributed by atoms with van der Waals surface area (Å²) >= 11 is 0. The van der Waals surface area contributed by atoms with Crippen LogP contribution < -0.4 is 10.0 Å². The maximum absolute atomic E-state index is 12.1. The van der Waals surface area contributed by atoms with Gasteiger partial charge in [0.25, 0.3) is 5.91 Å². The molecule has 1 amide bonds. The largest absolute Gasteiger partial charge is 0.352 e. The third kappa shape index (κ3) is 4.21. The summed E-state index contributed by atoms with van der Waals surface area (Å²) in [5, 5.41) is 13.7. The summed E-state index contributed by atoms with van der Waals surface area (Å²) in [5.74, 6) is -0.274. The fourth-order valence-electron chi connectivity index (χ4n) is 2.28. The molecule has 3 aromatic rings. The van der Waals surface area contributed by atoms with E-state index in [1.807, 2.05) is 6.92 Å². The minimum atomic E-state index is -3.54. The van der Waals surface area contributed by atoms with E-state index >= 15 is 0 Å². The summed E-state index contributed by atoms with van der Waals surface area (Å²) in [6.45, 7) is 2.45. The first-order valence-corrected chi connectivity index (χ1v) is 9.46. The minimum Gasteiger partial charge on any atom is -0.352 e. The lowest BCUT2D eigenvalue weighted by molar-refractivity contribution is 0.0953. The maximum Gasteiger partial charge on any atom is 0.252 e. The Kier molecular flexibility index (Phi) is 5.24. The number of carbonyl (C=O) groups is 1. The lowest BCUT2D eigenvalue weighted by Crippen LogP contribution is -2.30. The summed E-state index contributed by atoms with van der Waals surface area (Å²) in [6, 6.07) is 9.89. The van der Waals surface area contributed by atoms with E-state index in [1.54, 1.807) is 36.4 Å². The van der Waals surface area contributed by atoms with Crippen molar-refractivity contribution in [3.8, 4) is 0 Å². The zero-order valence-corrected chi connectivity index (χ0v) is 14.9. The molecule has 1 aromatic carbocycles. The first-order valence-electron chi connectivity index (χ1n) is 7.98. The van der Waals surface area contributed by atoms with Crippen molar-refractivity contribution in [2.45, 2.75) is 18.2 Å².